The molecule has 1 N–H and O–H groups in total. The molecule has 1 aromatic heterocycles. The van der Waals surface area contributed by atoms with Crippen LogP contribution in [-0.4, -0.2) is 41.3 Å². The van der Waals surface area contributed by atoms with Gasteiger partial charge >= 0.3 is 0 Å². The fraction of sp³-hybridized carbons (Fsp3) is 0.321. The molecule has 1 fully saturated rings. The molecule has 1 atom stereocenters. The molecule has 0 spiro atoms. The van der Waals surface area contributed by atoms with Crippen molar-refractivity contribution in [1.82, 2.24) is 15.2 Å². The van der Waals surface area contributed by atoms with Crippen molar-refractivity contribution in [3.8, 4) is 11.1 Å². The van der Waals surface area contributed by atoms with Crippen molar-refractivity contribution < 1.29 is 9.59 Å². The summed E-state index contributed by atoms with van der Waals surface area (Å²) < 4.78 is 0. The van der Waals surface area contributed by atoms with E-state index in [2.05, 4.69) is 48.4 Å². The number of rotatable bonds is 7. The Labute approximate surface area is 195 Å². The molecule has 0 bridgehead atoms. The van der Waals surface area contributed by atoms with E-state index in [4.69, 9.17) is 0 Å². The number of benzene rings is 2. The first-order chi connectivity index (χ1) is 16.0. The third kappa shape index (κ3) is 5.14. The van der Waals surface area contributed by atoms with Crippen LogP contribution in [0.5, 0.6) is 0 Å². The molecule has 4 rings (SSSR count). The van der Waals surface area contributed by atoms with Crippen LogP contribution < -0.4 is 5.32 Å². The maximum absolute atomic E-state index is 13.6. The Morgan fingerprint density at radius 3 is 2.45 bits per heavy atom. The summed E-state index contributed by atoms with van der Waals surface area (Å²) in [6, 6.07) is 23.8. The van der Waals surface area contributed by atoms with Gasteiger partial charge in [-0.05, 0) is 47.6 Å². The zero-order valence-electron chi connectivity index (χ0n) is 19.3. The largest absolute Gasteiger partial charge is 0.355 e. The van der Waals surface area contributed by atoms with E-state index in [1.54, 1.807) is 23.2 Å². The zero-order chi connectivity index (χ0) is 23.3. The number of nitrogens with one attached hydrogen (secondary N) is 1. The van der Waals surface area contributed by atoms with Gasteiger partial charge in [0.05, 0.1) is 5.41 Å². The van der Waals surface area contributed by atoms with Crippen molar-refractivity contribution in [2.45, 2.75) is 26.7 Å². The number of nitrogens with zero attached hydrogens (tertiary/aromatic N) is 2. The van der Waals surface area contributed by atoms with Gasteiger partial charge in [-0.1, -0.05) is 74.5 Å². The number of carbonyl (C=O) groups is 2. The van der Waals surface area contributed by atoms with Crippen LogP contribution in [0.15, 0.2) is 79.0 Å². The van der Waals surface area contributed by atoms with Gasteiger partial charge in [0.1, 0.15) is 5.69 Å². The Morgan fingerprint density at radius 1 is 1.00 bits per heavy atom. The molecule has 3 aromatic rings. The number of hydrogen-bond acceptors (Lipinski definition) is 3. The third-order valence-corrected chi connectivity index (χ3v) is 6.31. The van der Waals surface area contributed by atoms with Gasteiger partial charge in [-0.2, -0.15) is 0 Å². The van der Waals surface area contributed by atoms with Gasteiger partial charge in [0.2, 0.25) is 5.91 Å². The summed E-state index contributed by atoms with van der Waals surface area (Å²) in [4.78, 5) is 32.7. The van der Waals surface area contributed by atoms with Gasteiger partial charge < -0.3 is 10.2 Å². The maximum atomic E-state index is 13.6. The Hall–Kier alpha value is -3.47. The molecule has 2 amide bonds. The molecule has 0 unspecified atom stereocenters. The van der Waals surface area contributed by atoms with Gasteiger partial charge in [0.15, 0.2) is 0 Å². The number of hydrogen-bond donors (Lipinski definition) is 1. The van der Waals surface area contributed by atoms with E-state index in [-0.39, 0.29) is 11.8 Å². The summed E-state index contributed by atoms with van der Waals surface area (Å²) in [5.41, 5.74) is 3.12. The first-order valence-electron chi connectivity index (χ1n) is 11.6. The van der Waals surface area contributed by atoms with Crippen molar-refractivity contribution in [3.05, 3.63) is 90.3 Å². The number of pyridine rings is 1. The highest BCUT2D eigenvalue weighted by atomic mass is 16.2. The fourth-order valence-electron chi connectivity index (χ4n) is 4.53. The highest BCUT2D eigenvalue weighted by Gasteiger charge is 2.46. The number of likely N-dealkylation sites (tertiary alicyclic amines) is 1. The number of amides is 2. The molecule has 0 saturated carbocycles. The summed E-state index contributed by atoms with van der Waals surface area (Å²) in [6.45, 7) is 5.72. The molecule has 1 aliphatic rings. The molecule has 5 nitrogen and oxygen atoms in total. The topological polar surface area (TPSA) is 62.3 Å². The minimum absolute atomic E-state index is 0.0235. The third-order valence-electron chi connectivity index (χ3n) is 6.31. The van der Waals surface area contributed by atoms with Crippen LogP contribution in [0.25, 0.3) is 11.1 Å². The van der Waals surface area contributed by atoms with Gasteiger partial charge in [-0.3, -0.25) is 14.6 Å². The molecule has 0 aliphatic carbocycles. The van der Waals surface area contributed by atoms with Gasteiger partial charge in [-0.25, -0.2) is 0 Å². The van der Waals surface area contributed by atoms with Crippen LogP contribution in [0.4, 0.5) is 0 Å². The first-order valence-corrected chi connectivity index (χ1v) is 11.6. The SMILES string of the molecule is CC(C)CNC(=O)[C@@]1(Cc2ccccc2-c2ccccc2)CCN(C(=O)c2ccccn2)C1. The lowest BCUT2D eigenvalue weighted by Crippen LogP contribution is -2.46. The van der Waals surface area contributed by atoms with Crippen LogP contribution in [0, 0.1) is 11.3 Å². The molecule has 1 saturated heterocycles. The standard InChI is InChI=1S/C28H31N3O2/c1-21(2)19-30-27(33)28(15-17-31(20-28)26(32)25-14-8-9-16-29-25)18-23-12-6-7-13-24(23)22-10-4-3-5-11-22/h3-14,16,21H,15,17-20H2,1-2H3,(H,30,33)/t28-/m1/s1. The lowest BCUT2D eigenvalue weighted by Gasteiger charge is -2.29. The van der Waals surface area contributed by atoms with E-state index < -0.39 is 5.41 Å². The van der Waals surface area contributed by atoms with E-state index in [0.29, 0.717) is 44.1 Å². The summed E-state index contributed by atoms with van der Waals surface area (Å²) >= 11 is 0. The second kappa shape index (κ2) is 9.99. The Bertz CT molecular complexity index is 1100. The summed E-state index contributed by atoms with van der Waals surface area (Å²) in [7, 11) is 0. The van der Waals surface area contributed by atoms with Crippen molar-refractivity contribution in [1.29, 1.82) is 0 Å². The second-order valence-electron chi connectivity index (χ2n) is 9.28. The monoisotopic (exact) mass is 441 g/mol. The molecule has 5 heteroatoms. The van der Waals surface area contributed by atoms with Crippen molar-refractivity contribution in [3.63, 3.8) is 0 Å². The second-order valence-corrected chi connectivity index (χ2v) is 9.28. The van der Waals surface area contributed by atoms with Crippen LogP contribution in [-0.2, 0) is 11.2 Å². The molecule has 0 radical (unpaired) electrons. The number of aromatic nitrogens is 1. The Kier molecular flexibility index (Phi) is 6.87. The lowest BCUT2D eigenvalue weighted by atomic mass is 9.78. The van der Waals surface area contributed by atoms with Gasteiger partial charge in [0.25, 0.3) is 5.91 Å². The number of carbonyl (C=O) groups excluding carboxylic acids is 2. The molecule has 33 heavy (non-hydrogen) atoms. The first kappa shape index (κ1) is 22.7. The van der Waals surface area contributed by atoms with Crippen molar-refractivity contribution in [2.75, 3.05) is 19.6 Å². The van der Waals surface area contributed by atoms with Crippen LogP contribution >= 0.6 is 0 Å². The quantitative estimate of drug-likeness (QED) is 0.583. The molecular weight excluding hydrogens is 410 g/mol. The van der Waals surface area contributed by atoms with Crippen LogP contribution in [0.1, 0.15) is 36.3 Å². The highest BCUT2D eigenvalue weighted by Crippen LogP contribution is 2.38. The van der Waals surface area contributed by atoms with E-state index in [0.717, 1.165) is 16.7 Å². The van der Waals surface area contributed by atoms with Gasteiger partial charge in [0, 0.05) is 25.8 Å². The van der Waals surface area contributed by atoms with Crippen molar-refractivity contribution in [2.24, 2.45) is 11.3 Å². The lowest BCUT2D eigenvalue weighted by molar-refractivity contribution is -0.130. The molecule has 2 aromatic carbocycles. The maximum Gasteiger partial charge on any atom is 0.272 e. The van der Waals surface area contributed by atoms with E-state index in [1.165, 1.54) is 0 Å². The minimum atomic E-state index is -0.676. The molecule has 2 heterocycles. The fourth-order valence-corrected chi connectivity index (χ4v) is 4.53. The zero-order valence-corrected chi connectivity index (χ0v) is 19.3. The normalized spacial score (nSPS) is 17.8. The summed E-state index contributed by atoms with van der Waals surface area (Å²) in [5, 5.41) is 3.15. The predicted molar refractivity (Wildman–Crippen MR) is 131 cm³/mol. The highest BCUT2D eigenvalue weighted by molar-refractivity contribution is 5.94. The summed E-state index contributed by atoms with van der Waals surface area (Å²) in [5.74, 6) is 0.260. The molecular formula is C28H31N3O2. The van der Waals surface area contributed by atoms with Gasteiger partial charge in [-0.15, -0.1) is 0 Å². The minimum Gasteiger partial charge on any atom is -0.355 e. The van der Waals surface area contributed by atoms with E-state index in [1.807, 2.05) is 36.4 Å². The Balaban J connectivity index is 1.65. The van der Waals surface area contributed by atoms with Crippen LogP contribution in [0.3, 0.4) is 0 Å². The van der Waals surface area contributed by atoms with Crippen molar-refractivity contribution >= 4 is 11.8 Å². The average molecular weight is 442 g/mol. The predicted octanol–water partition coefficient (Wildman–Crippen LogP) is 4.60. The average Bonchev–Trinajstić information content (AvgIpc) is 3.28. The van der Waals surface area contributed by atoms with Crippen LogP contribution in [0.2, 0.25) is 0 Å². The molecule has 170 valence electrons. The molecule has 1 aliphatic heterocycles. The Morgan fingerprint density at radius 2 is 1.73 bits per heavy atom. The smallest absolute Gasteiger partial charge is 0.272 e. The van der Waals surface area contributed by atoms with E-state index in [9.17, 15) is 9.59 Å². The summed E-state index contributed by atoms with van der Waals surface area (Å²) in [6.07, 6.45) is 2.83. The van der Waals surface area contributed by atoms with E-state index >= 15 is 0 Å².